The number of hydrogen-bond donors (Lipinski definition) is 15. The van der Waals surface area contributed by atoms with Gasteiger partial charge in [0.2, 0.25) is 65.0 Å². The molecule has 112 heavy (non-hydrogen) atoms. The number of aliphatic carboxylic acids is 1. The lowest BCUT2D eigenvalue weighted by Gasteiger charge is -2.31. The molecular weight excluding hydrogens is 1460 g/mol. The van der Waals surface area contributed by atoms with Crippen molar-refractivity contribution in [1.29, 1.82) is 0 Å². The van der Waals surface area contributed by atoms with Gasteiger partial charge in [-0.05, 0) is 146 Å². The minimum atomic E-state index is -1.90. The quantitative estimate of drug-likeness (QED) is 0.0194. The smallest absolute Gasteiger partial charge is 0.325 e. The number of aromatic nitrogens is 1. The van der Waals surface area contributed by atoms with E-state index in [-0.39, 0.29) is 80.8 Å². The minimum Gasteiger partial charge on any atom is -0.480 e. The molecule has 0 saturated carbocycles. The third-order valence-electron chi connectivity index (χ3n) is 18.2. The van der Waals surface area contributed by atoms with Crippen molar-refractivity contribution in [3.63, 3.8) is 0 Å². The fourth-order valence-electron chi connectivity index (χ4n) is 12.5. The van der Waals surface area contributed by atoms with Gasteiger partial charge in [0.1, 0.15) is 54.4 Å². The van der Waals surface area contributed by atoms with Crippen LogP contribution in [0, 0.1) is 5.92 Å². The molecule has 1 aromatic heterocycles. The predicted molar refractivity (Wildman–Crippen MR) is 418 cm³/mol. The standard InChI is InChI=1S/C80H100ClN15O16/c1-45(2)37-62(71(102)88-61(18-11-12-35-83-46(3)4)79(110)96-36-14-19-68(96)77(108)84-47(5)80(111)112)89-72(103)63(39-52-22-30-59(31-23-52)85-48(6)98)90-73(104)64(40-53-24-32-60(33-25-53)86-49(7)99)92-76(107)67(44-97)94-75(106)66(41-54-15-13-34-82-43-54)91-74(105)65(38-51-20-28-58(81)29-21-51)93-78(109)69(87-50(8)100)95-70(101)57-27-26-55-16-9-10-17-56(55)42-57/h9-10,13,15-17,20-34,42-43,45-47,61-69,83,97H,11-12,14,18-19,35-41,44H2,1-8H3,(H,84,108)(H,85,98)(H,86,99)(H,87,100)(H,88,102)(H,89,103)(H,90,104)(H,91,105)(H,92,107)(H,93,109)(H,94,106)(H,95,101)(H,111,112)/t47-,61+,62+,63-,64+,65-,66-,67+,68+,69-/m1/s1. The molecule has 0 bridgehead atoms. The van der Waals surface area contributed by atoms with E-state index in [1.807, 2.05) is 26.0 Å². The summed E-state index contributed by atoms with van der Waals surface area (Å²) in [6, 6.07) is 20.8. The van der Waals surface area contributed by atoms with E-state index in [2.05, 4.69) is 74.1 Å². The minimum absolute atomic E-state index is 0.00543. The molecule has 1 aliphatic heterocycles. The number of nitrogens with zero attached hydrogens (tertiary/aromatic N) is 2. The number of aliphatic hydroxyl groups is 1. The Morgan fingerprint density at radius 2 is 0.982 bits per heavy atom. The second kappa shape index (κ2) is 43.0. The van der Waals surface area contributed by atoms with Crippen LogP contribution in [-0.2, 0) is 88.0 Å². The molecule has 15 N–H and O–H groups in total. The van der Waals surface area contributed by atoms with Crippen LogP contribution in [0.25, 0.3) is 10.8 Å². The monoisotopic (exact) mass is 1560 g/mol. The van der Waals surface area contributed by atoms with Crippen molar-refractivity contribution < 1.29 is 77.3 Å². The van der Waals surface area contributed by atoms with E-state index in [1.165, 1.54) is 56.3 Å². The summed E-state index contributed by atoms with van der Waals surface area (Å²) >= 11 is 6.24. The van der Waals surface area contributed by atoms with Gasteiger partial charge in [-0.15, -0.1) is 0 Å². The van der Waals surface area contributed by atoms with Crippen molar-refractivity contribution in [3.05, 3.63) is 173 Å². The third-order valence-corrected chi connectivity index (χ3v) is 18.4. The molecule has 0 radical (unpaired) electrons. The van der Waals surface area contributed by atoms with Gasteiger partial charge >= 0.3 is 5.97 Å². The number of carboxylic acids is 1. The predicted octanol–water partition coefficient (Wildman–Crippen LogP) is 3.15. The number of fused-ring (bicyclic) bond motifs is 1. The number of pyridine rings is 1. The molecule has 5 aromatic carbocycles. The van der Waals surface area contributed by atoms with Crippen LogP contribution in [0.2, 0.25) is 5.02 Å². The summed E-state index contributed by atoms with van der Waals surface area (Å²) < 4.78 is 0. The first-order valence-corrected chi connectivity index (χ1v) is 37.4. The van der Waals surface area contributed by atoms with Gasteiger partial charge in [-0.25, -0.2) is 0 Å². The van der Waals surface area contributed by atoms with E-state index in [0.717, 1.165) is 12.3 Å². The normalized spacial score (nSPS) is 14.9. The number of nitrogens with one attached hydrogen (secondary N) is 13. The second-order valence-corrected chi connectivity index (χ2v) is 28.8. The molecule has 32 heteroatoms. The molecule has 1 aliphatic rings. The summed E-state index contributed by atoms with van der Waals surface area (Å²) in [7, 11) is 0. The number of amides is 13. The maximum atomic E-state index is 15.3. The first-order chi connectivity index (χ1) is 53.3. The van der Waals surface area contributed by atoms with Crippen molar-refractivity contribution >= 4 is 117 Å². The van der Waals surface area contributed by atoms with Crippen LogP contribution in [0.1, 0.15) is 127 Å². The number of aliphatic hydroxyl groups excluding tert-OH is 1. The van der Waals surface area contributed by atoms with E-state index in [9.17, 15) is 67.7 Å². The van der Waals surface area contributed by atoms with Crippen LogP contribution in [0.3, 0.4) is 0 Å². The molecule has 598 valence electrons. The lowest BCUT2D eigenvalue weighted by molar-refractivity contribution is -0.144. The lowest BCUT2D eigenvalue weighted by Crippen LogP contribution is -2.62. The Bertz CT molecular complexity index is 4310. The van der Waals surface area contributed by atoms with Crippen molar-refractivity contribution in [3.8, 4) is 0 Å². The molecule has 1 fully saturated rings. The zero-order chi connectivity index (χ0) is 81.7. The third kappa shape index (κ3) is 28.0. The Balaban J connectivity index is 1.18. The number of unbranched alkanes of at least 4 members (excludes halogenated alkanes) is 1. The Morgan fingerprint density at radius 1 is 0.500 bits per heavy atom. The molecule has 1 saturated heterocycles. The first-order valence-electron chi connectivity index (χ1n) is 37.1. The molecule has 13 amide bonds. The molecule has 0 aliphatic carbocycles. The van der Waals surface area contributed by atoms with Crippen LogP contribution < -0.4 is 69.1 Å². The molecule has 0 spiro atoms. The van der Waals surface area contributed by atoms with Crippen LogP contribution >= 0.6 is 11.6 Å². The Kier molecular flexibility index (Phi) is 33.6. The molecule has 10 atom stereocenters. The molecule has 7 rings (SSSR count). The summed E-state index contributed by atoms with van der Waals surface area (Å²) in [4.78, 5) is 200. The van der Waals surface area contributed by atoms with Crippen LogP contribution in [0.4, 0.5) is 11.4 Å². The summed E-state index contributed by atoms with van der Waals surface area (Å²) in [5.41, 5.74) is 2.57. The van der Waals surface area contributed by atoms with E-state index in [1.54, 1.807) is 111 Å². The Labute approximate surface area is 654 Å². The fourth-order valence-corrected chi connectivity index (χ4v) is 12.6. The number of carbonyl (C=O) groups is 14. The van der Waals surface area contributed by atoms with Crippen molar-refractivity contribution in [2.75, 3.05) is 30.3 Å². The summed E-state index contributed by atoms with van der Waals surface area (Å²) in [6.07, 6.45) is 1.67. The summed E-state index contributed by atoms with van der Waals surface area (Å²) in [5, 5.41) is 57.3. The van der Waals surface area contributed by atoms with E-state index in [0.29, 0.717) is 69.8 Å². The largest absolute Gasteiger partial charge is 0.480 e. The first kappa shape index (κ1) is 87.5. The van der Waals surface area contributed by atoms with E-state index in [4.69, 9.17) is 11.6 Å². The van der Waals surface area contributed by atoms with Gasteiger partial charge < -0.3 is 84.2 Å². The van der Waals surface area contributed by atoms with Crippen LogP contribution in [-0.4, -0.2) is 189 Å². The number of benzene rings is 5. The average Bonchev–Trinajstić information content (AvgIpc) is 1.56. The Hall–Kier alpha value is -11.7. The number of hydrogen-bond acceptors (Lipinski definition) is 17. The summed E-state index contributed by atoms with van der Waals surface area (Å²) in [5.74, 6) is -12.0. The molecule has 2 heterocycles. The average molecular weight is 1560 g/mol. The highest BCUT2D eigenvalue weighted by molar-refractivity contribution is 6.30. The van der Waals surface area contributed by atoms with Gasteiger partial charge in [0, 0.05) is 93.4 Å². The van der Waals surface area contributed by atoms with Gasteiger partial charge in [-0.3, -0.25) is 72.1 Å². The number of rotatable bonds is 40. The van der Waals surface area contributed by atoms with E-state index >= 15 is 9.59 Å². The van der Waals surface area contributed by atoms with Crippen LogP contribution in [0.15, 0.2) is 140 Å². The van der Waals surface area contributed by atoms with Gasteiger partial charge in [0.15, 0.2) is 6.17 Å². The highest BCUT2D eigenvalue weighted by Crippen LogP contribution is 2.23. The molecule has 0 unspecified atom stereocenters. The van der Waals surface area contributed by atoms with E-state index < -0.39 is 138 Å². The van der Waals surface area contributed by atoms with Crippen LogP contribution in [0.5, 0.6) is 0 Å². The maximum absolute atomic E-state index is 15.3. The molecular formula is C80H100ClN15O16. The van der Waals surface area contributed by atoms with Crippen molar-refractivity contribution in [2.24, 2.45) is 5.92 Å². The summed E-state index contributed by atoms with van der Waals surface area (Å²) in [6.45, 7) is 12.2. The maximum Gasteiger partial charge on any atom is 0.325 e. The number of carbonyl (C=O) groups excluding carboxylic acids is 13. The van der Waals surface area contributed by atoms with Crippen molar-refractivity contribution in [1.82, 2.24) is 68.4 Å². The second-order valence-electron chi connectivity index (χ2n) is 28.3. The van der Waals surface area contributed by atoms with Gasteiger partial charge in [0.25, 0.3) is 11.8 Å². The highest BCUT2D eigenvalue weighted by Gasteiger charge is 2.41. The van der Waals surface area contributed by atoms with Gasteiger partial charge in [0.05, 0.1) is 6.61 Å². The zero-order valence-electron chi connectivity index (χ0n) is 63.8. The lowest BCUT2D eigenvalue weighted by atomic mass is 9.99. The number of likely N-dealkylation sites (tertiary alicyclic amines) is 1. The van der Waals surface area contributed by atoms with Crippen molar-refractivity contribution in [2.45, 2.75) is 186 Å². The van der Waals surface area contributed by atoms with Gasteiger partial charge in [-0.2, -0.15) is 0 Å². The fraction of sp³-hybridized carbons (Fsp3) is 0.412. The SMILES string of the molecule is CC(=O)Nc1ccc(C[C@H](NC(=O)[C@H](CO)NC(=O)[C@@H](Cc2cccnc2)NC(=O)[C@@H](Cc2ccc(Cl)cc2)NC(=O)[C@H](NC(C)=O)NC(=O)c2ccc3ccccc3c2)C(=O)N[C@H](Cc2ccc(NC(C)=O)cc2)C(=O)N[C@@H](CC(C)C)C(=O)N[C@@H](CCCCNC(C)C)C(=O)N2CCC[C@H]2C(=O)N[C@H](C)C(=O)O)cc1. The molecule has 31 nitrogen and oxygen atoms in total. The number of anilines is 2. The Morgan fingerprint density at radius 3 is 1.47 bits per heavy atom. The number of halogens is 1. The topological polar surface area (TPSA) is 452 Å². The van der Waals surface area contributed by atoms with Gasteiger partial charge in [-0.1, -0.05) is 112 Å². The molecule has 6 aromatic rings. The highest BCUT2D eigenvalue weighted by atomic mass is 35.5. The number of carboxylic acid groups (broad SMARTS) is 1. The zero-order valence-corrected chi connectivity index (χ0v) is 64.5.